The van der Waals surface area contributed by atoms with Crippen LogP contribution in [-0.2, 0) is 9.53 Å². The Morgan fingerprint density at radius 2 is 2.17 bits per heavy atom. The molecule has 6 nitrogen and oxygen atoms in total. The fourth-order valence-electron chi connectivity index (χ4n) is 2.10. The number of nitrogens with two attached hydrogens (primary N) is 1. The molecule has 0 radical (unpaired) electrons. The zero-order valence-electron chi connectivity index (χ0n) is 13.8. The van der Waals surface area contributed by atoms with Gasteiger partial charge < -0.3 is 15.8 Å². The Morgan fingerprint density at radius 3 is 2.87 bits per heavy atom. The van der Waals surface area contributed by atoms with Crippen LogP contribution >= 0.6 is 23.1 Å². The van der Waals surface area contributed by atoms with Crippen LogP contribution in [0, 0.1) is 13.8 Å². The maximum Gasteiger partial charge on any atom is 0.233 e. The number of methoxy groups -OCH3 is 1. The largest absolute Gasteiger partial charge is 0.385 e. The van der Waals surface area contributed by atoms with E-state index >= 15 is 0 Å². The Kier molecular flexibility index (Phi) is 6.20. The molecule has 0 aliphatic rings. The highest BCUT2D eigenvalue weighted by Gasteiger charge is 2.18. The molecule has 0 fully saturated rings. The normalized spacial score (nSPS) is 12.5. The van der Waals surface area contributed by atoms with Gasteiger partial charge >= 0.3 is 0 Å². The number of hydrogen-bond donors (Lipinski definition) is 2. The first kappa shape index (κ1) is 18.0. The molecule has 1 atom stereocenters. The molecule has 0 bridgehead atoms. The second-order valence-electron chi connectivity index (χ2n) is 5.25. The molecule has 8 heteroatoms. The van der Waals surface area contributed by atoms with Gasteiger partial charge in [0.05, 0.1) is 10.6 Å². The first-order valence-corrected chi connectivity index (χ1v) is 9.10. The number of nitrogens with one attached hydrogen (secondary N) is 1. The Labute approximate surface area is 144 Å². The van der Waals surface area contributed by atoms with Crippen molar-refractivity contribution in [2.45, 2.75) is 37.6 Å². The lowest BCUT2D eigenvalue weighted by Crippen LogP contribution is -2.32. The zero-order valence-corrected chi connectivity index (χ0v) is 15.4. The number of rotatable bonds is 7. The van der Waals surface area contributed by atoms with Crippen molar-refractivity contribution in [2.75, 3.05) is 26.0 Å². The van der Waals surface area contributed by atoms with Crippen molar-refractivity contribution >= 4 is 45.0 Å². The number of nitrogen functional groups attached to an aromatic ring is 1. The molecule has 0 spiro atoms. The minimum absolute atomic E-state index is 0.0353. The molecule has 0 saturated heterocycles. The van der Waals surface area contributed by atoms with E-state index in [1.165, 1.54) is 16.6 Å². The fourth-order valence-corrected chi connectivity index (χ4v) is 3.99. The van der Waals surface area contributed by atoms with Crippen LogP contribution in [0.4, 0.5) is 5.82 Å². The van der Waals surface area contributed by atoms with E-state index in [2.05, 4.69) is 15.3 Å². The predicted molar refractivity (Wildman–Crippen MR) is 96.1 cm³/mol. The number of carbonyl (C=O) groups excluding carboxylic acids is 1. The van der Waals surface area contributed by atoms with Gasteiger partial charge in [0.2, 0.25) is 5.91 Å². The number of ether oxygens (including phenoxy) is 1. The van der Waals surface area contributed by atoms with Gasteiger partial charge in [-0.05, 0) is 32.8 Å². The highest BCUT2D eigenvalue weighted by atomic mass is 32.2. The summed E-state index contributed by atoms with van der Waals surface area (Å²) in [6, 6.07) is 0. The minimum atomic E-state index is -0.281. The topological polar surface area (TPSA) is 90.1 Å². The van der Waals surface area contributed by atoms with Crippen molar-refractivity contribution in [3.63, 3.8) is 0 Å². The lowest BCUT2D eigenvalue weighted by Gasteiger charge is -2.11. The lowest BCUT2D eigenvalue weighted by atomic mass is 10.2. The number of hydrogen-bond acceptors (Lipinski definition) is 7. The second kappa shape index (κ2) is 7.94. The summed E-state index contributed by atoms with van der Waals surface area (Å²) in [5, 5.41) is 4.06. The van der Waals surface area contributed by atoms with Gasteiger partial charge in [-0.15, -0.1) is 11.3 Å². The van der Waals surface area contributed by atoms with E-state index in [1.54, 1.807) is 18.4 Å². The van der Waals surface area contributed by atoms with Gasteiger partial charge in [-0.2, -0.15) is 0 Å². The van der Waals surface area contributed by atoms with Gasteiger partial charge in [0.25, 0.3) is 0 Å². The molecule has 23 heavy (non-hydrogen) atoms. The third kappa shape index (κ3) is 4.33. The number of thioether (sulfide) groups is 1. The van der Waals surface area contributed by atoms with Gasteiger partial charge in [-0.1, -0.05) is 11.8 Å². The summed E-state index contributed by atoms with van der Waals surface area (Å²) >= 11 is 2.92. The van der Waals surface area contributed by atoms with E-state index in [9.17, 15) is 4.79 Å². The number of aromatic nitrogens is 2. The van der Waals surface area contributed by atoms with Gasteiger partial charge in [0.15, 0.2) is 5.16 Å². The molecule has 0 aliphatic heterocycles. The molecule has 1 unspecified atom stereocenters. The summed E-state index contributed by atoms with van der Waals surface area (Å²) in [6.45, 7) is 7.14. The van der Waals surface area contributed by atoms with Crippen LogP contribution in [0.25, 0.3) is 10.2 Å². The molecule has 2 aromatic rings. The summed E-state index contributed by atoms with van der Waals surface area (Å²) < 4.78 is 4.96. The van der Waals surface area contributed by atoms with E-state index in [0.29, 0.717) is 24.1 Å². The third-order valence-corrected chi connectivity index (χ3v) is 5.57. The standard InChI is InChI=1S/C15H22N4O2S2/c1-8-9(2)22-14-11(8)12(16)18-15(19-14)23-10(3)13(20)17-6-5-7-21-4/h10H,5-7H2,1-4H3,(H,17,20)(H2,16,18,19). The quantitative estimate of drug-likeness (QED) is 0.451. The van der Waals surface area contributed by atoms with E-state index in [4.69, 9.17) is 10.5 Å². The number of thiophene rings is 1. The maximum absolute atomic E-state index is 12.1. The van der Waals surface area contributed by atoms with Gasteiger partial charge in [-0.25, -0.2) is 9.97 Å². The van der Waals surface area contributed by atoms with E-state index in [-0.39, 0.29) is 11.2 Å². The second-order valence-corrected chi connectivity index (χ2v) is 7.76. The van der Waals surface area contributed by atoms with Crippen molar-refractivity contribution in [3.8, 4) is 0 Å². The highest BCUT2D eigenvalue weighted by Crippen LogP contribution is 2.34. The minimum Gasteiger partial charge on any atom is -0.385 e. The third-order valence-electron chi connectivity index (χ3n) is 3.51. The molecule has 2 aromatic heterocycles. The SMILES string of the molecule is COCCCNC(=O)C(C)Sc1nc(N)c2c(C)c(C)sc2n1. The maximum atomic E-state index is 12.1. The molecule has 0 aromatic carbocycles. The Morgan fingerprint density at radius 1 is 1.43 bits per heavy atom. The zero-order chi connectivity index (χ0) is 17.0. The first-order chi connectivity index (χ1) is 10.9. The average Bonchev–Trinajstić information content (AvgIpc) is 2.78. The molecule has 1 amide bonds. The predicted octanol–water partition coefficient (Wildman–Crippen LogP) is 2.52. The van der Waals surface area contributed by atoms with Crippen molar-refractivity contribution in [3.05, 3.63) is 10.4 Å². The lowest BCUT2D eigenvalue weighted by molar-refractivity contribution is -0.120. The van der Waals surface area contributed by atoms with E-state index in [0.717, 1.165) is 22.2 Å². The van der Waals surface area contributed by atoms with Crippen LogP contribution in [0.1, 0.15) is 23.8 Å². The van der Waals surface area contributed by atoms with Crippen molar-refractivity contribution in [1.82, 2.24) is 15.3 Å². The number of carbonyl (C=O) groups is 1. The molecular formula is C15H22N4O2S2. The number of fused-ring (bicyclic) bond motifs is 1. The number of anilines is 1. The van der Waals surface area contributed by atoms with Crippen molar-refractivity contribution in [2.24, 2.45) is 0 Å². The fraction of sp³-hybridized carbons (Fsp3) is 0.533. The molecule has 2 heterocycles. The summed E-state index contributed by atoms with van der Waals surface area (Å²) in [6.07, 6.45) is 0.794. The highest BCUT2D eigenvalue weighted by molar-refractivity contribution is 8.00. The van der Waals surface area contributed by atoms with Gasteiger partial charge in [0.1, 0.15) is 10.6 Å². The van der Waals surface area contributed by atoms with Crippen LogP contribution < -0.4 is 11.1 Å². The summed E-state index contributed by atoms with van der Waals surface area (Å²) in [5.41, 5.74) is 7.19. The summed E-state index contributed by atoms with van der Waals surface area (Å²) in [7, 11) is 1.65. The van der Waals surface area contributed by atoms with E-state index < -0.39 is 0 Å². The van der Waals surface area contributed by atoms with Crippen LogP contribution in [-0.4, -0.2) is 41.4 Å². The molecule has 2 rings (SSSR count). The smallest absolute Gasteiger partial charge is 0.233 e. The van der Waals surface area contributed by atoms with Crippen molar-refractivity contribution in [1.29, 1.82) is 0 Å². The van der Waals surface area contributed by atoms with Gasteiger partial charge in [0, 0.05) is 25.1 Å². The van der Waals surface area contributed by atoms with Crippen LogP contribution in [0.5, 0.6) is 0 Å². The molecular weight excluding hydrogens is 332 g/mol. The van der Waals surface area contributed by atoms with Crippen LogP contribution in [0.3, 0.4) is 0 Å². The Bertz CT molecular complexity index is 702. The van der Waals surface area contributed by atoms with Crippen LogP contribution in [0.2, 0.25) is 0 Å². The Balaban J connectivity index is 2.05. The summed E-state index contributed by atoms with van der Waals surface area (Å²) in [4.78, 5) is 23.0. The monoisotopic (exact) mass is 354 g/mol. The number of amides is 1. The van der Waals surface area contributed by atoms with E-state index in [1.807, 2.05) is 20.8 Å². The summed E-state index contributed by atoms with van der Waals surface area (Å²) in [5.74, 6) is 0.443. The Hall–Kier alpha value is -1.38. The van der Waals surface area contributed by atoms with Crippen molar-refractivity contribution < 1.29 is 9.53 Å². The van der Waals surface area contributed by atoms with Gasteiger partial charge in [-0.3, -0.25) is 4.79 Å². The number of nitrogens with zero attached hydrogens (tertiary/aromatic N) is 2. The molecule has 0 aliphatic carbocycles. The molecule has 3 N–H and O–H groups in total. The molecule has 0 saturated carbocycles. The average molecular weight is 355 g/mol. The number of aryl methyl sites for hydroxylation is 2. The van der Waals surface area contributed by atoms with Crippen LogP contribution in [0.15, 0.2) is 5.16 Å². The molecule has 126 valence electrons. The first-order valence-electron chi connectivity index (χ1n) is 7.40.